The number of ether oxygens (including phenoxy) is 1. The Bertz CT molecular complexity index is 168. The third kappa shape index (κ3) is 3.81. The maximum Gasteiger partial charge on any atom is 0.415 e. The maximum absolute atomic E-state index is 11.8. The number of rotatable bonds is 4. The summed E-state index contributed by atoms with van der Waals surface area (Å²) in [4.78, 5) is 0. The average Bonchev–Trinajstić information content (AvgIpc) is 2.55. The summed E-state index contributed by atoms with van der Waals surface area (Å²) < 4.78 is 40.7. The van der Waals surface area contributed by atoms with Crippen LogP contribution in [0.3, 0.4) is 0 Å². The molecular formula is C8H14F3NO2. The molecule has 1 heterocycles. The molecule has 0 unspecified atom stereocenters. The van der Waals surface area contributed by atoms with Gasteiger partial charge in [0.1, 0.15) is 0 Å². The van der Waals surface area contributed by atoms with Crippen molar-refractivity contribution in [1.29, 1.82) is 0 Å². The standard InChI is InChI=1S/C8H14F3NO2/c9-8(10,11)7(13)5-12-4-6-2-1-3-14-6/h6-7,12-13H,1-5H2/t6-,7+/m0/s1. The summed E-state index contributed by atoms with van der Waals surface area (Å²) in [5, 5.41) is 11.2. The Labute approximate surface area is 80.2 Å². The fourth-order valence-electron chi connectivity index (χ4n) is 1.30. The molecule has 2 N–H and O–H groups in total. The van der Waals surface area contributed by atoms with Gasteiger partial charge >= 0.3 is 6.18 Å². The minimum Gasteiger partial charge on any atom is -0.382 e. The molecule has 6 heteroatoms. The third-order valence-electron chi connectivity index (χ3n) is 2.11. The largest absolute Gasteiger partial charge is 0.415 e. The average molecular weight is 213 g/mol. The van der Waals surface area contributed by atoms with Crippen LogP contribution in [0.15, 0.2) is 0 Å². The van der Waals surface area contributed by atoms with Crippen LogP contribution in [-0.2, 0) is 4.74 Å². The predicted molar refractivity (Wildman–Crippen MR) is 43.9 cm³/mol. The molecule has 1 aliphatic rings. The fraction of sp³-hybridized carbons (Fsp3) is 1.00. The monoisotopic (exact) mass is 213 g/mol. The van der Waals surface area contributed by atoms with Gasteiger partial charge in [0.15, 0.2) is 6.10 Å². The second-order valence-corrected chi connectivity index (χ2v) is 3.35. The molecule has 0 amide bonds. The number of alkyl halides is 3. The van der Waals surface area contributed by atoms with Gasteiger partial charge in [-0.1, -0.05) is 0 Å². The molecule has 0 aromatic carbocycles. The van der Waals surface area contributed by atoms with E-state index >= 15 is 0 Å². The predicted octanol–water partition coefficient (Wildman–Crippen LogP) is 0.678. The number of aliphatic hydroxyl groups excluding tert-OH is 1. The van der Waals surface area contributed by atoms with Gasteiger partial charge in [-0.05, 0) is 12.8 Å². The molecule has 0 saturated carbocycles. The molecule has 0 radical (unpaired) electrons. The highest BCUT2D eigenvalue weighted by Gasteiger charge is 2.37. The number of hydrogen-bond donors (Lipinski definition) is 2. The van der Waals surface area contributed by atoms with E-state index in [2.05, 4.69) is 5.32 Å². The van der Waals surface area contributed by atoms with Crippen LogP contribution in [0.5, 0.6) is 0 Å². The molecule has 0 aromatic heterocycles. The van der Waals surface area contributed by atoms with Gasteiger partial charge in [0, 0.05) is 19.7 Å². The lowest BCUT2D eigenvalue weighted by Gasteiger charge is -2.16. The van der Waals surface area contributed by atoms with Crippen molar-refractivity contribution in [3.05, 3.63) is 0 Å². The molecule has 2 atom stereocenters. The summed E-state index contributed by atoms with van der Waals surface area (Å²) >= 11 is 0. The number of hydrogen-bond acceptors (Lipinski definition) is 3. The SMILES string of the molecule is O[C@H](CNC[C@@H]1CCCO1)C(F)(F)F. The summed E-state index contributed by atoms with van der Waals surface area (Å²) in [7, 11) is 0. The van der Waals surface area contributed by atoms with Crippen LogP contribution in [0.25, 0.3) is 0 Å². The third-order valence-corrected chi connectivity index (χ3v) is 2.11. The molecule has 0 aliphatic carbocycles. The number of nitrogens with one attached hydrogen (secondary N) is 1. The molecule has 0 bridgehead atoms. The van der Waals surface area contributed by atoms with Crippen LogP contribution in [0, 0.1) is 0 Å². The lowest BCUT2D eigenvalue weighted by atomic mass is 10.2. The van der Waals surface area contributed by atoms with Crippen LogP contribution in [-0.4, -0.2) is 43.2 Å². The second-order valence-electron chi connectivity index (χ2n) is 3.35. The van der Waals surface area contributed by atoms with E-state index in [4.69, 9.17) is 9.84 Å². The zero-order valence-corrected chi connectivity index (χ0v) is 7.68. The summed E-state index contributed by atoms with van der Waals surface area (Å²) in [5.41, 5.74) is 0. The van der Waals surface area contributed by atoms with Gasteiger partial charge in [0.2, 0.25) is 0 Å². The highest BCUT2D eigenvalue weighted by Crippen LogP contribution is 2.19. The summed E-state index contributed by atoms with van der Waals surface area (Å²) in [6.07, 6.45) is -5.01. The Kier molecular flexibility index (Phi) is 4.15. The van der Waals surface area contributed by atoms with Gasteiger partial charge in [-0.3, -0.25) is 0 Å². The second kappa shape index (κ2) is 4.95. The molecule has 14 heavy (non-hydrogen) atoms. The molecule has 3 nitrogen and oxygen atoms in total. The van der Waals surface area contributed by atoms with Crippen molar-refractivity contribution in [2.75, 3.05) is 19.7 Å². The van der Waals surface area contributed by atoms with Crippen LogP contribution in [0.4, 0.5) is 13.2 Å². The van der Waals surface area contributed by atoms with Crippen molar-refractivity contribution in [2.24, 2.45) is 0 Å². The lowest BCUT2D eigenvalue weighted by molar-refractivity contribution is -0.202. The van der Waals surface area contributed by atoms with Gasteiger partial charge in [0.25, 0.3) is 0 Å². The van der Waals surface area contributed by atoms with E-state index in [1.165, 1.54) is 0 Å². The van der Waals surface area contributed by atoms with Gasteiger partial charge in [-0.25, -0.2) is 0 Å². The van der Waals surface area contributed by atoms with E-state index in [0.29, 0.717) is 13.2 Å². The topological polar surface area (TPSA) is 41.5 Å². The molecule has 1 aliphatic heterocycles. The fourth-order valence-corrected chi connectivity index (χ4v) is 1.30. The Morgan fingerprint density at radius 3 is 2.71 bits per heavy atom. The van der Waals surface area contributed by atoms with Gasteiger partial charge < -0.3 is 15.2 Å². The van der Waals surface area contributed by atoms with Crippen LogP contribution >= 0.6 is 0 Å². The van der Waals surface area contributed by atoms with E-state index in [9.17, 15) is 13.2 Å². The minimum absolute atomic E-state index is 0.00423. The molecular weight excluding hydrogens is 199 g/mol. The van der Waals surface area contributed by atoms with Gasteiger partial charge in [-0.2, -0.15) is 13.2 Å². The quantitative estimate of drug-likeness (QED) is 0.721. The highest BCUT2D eigenvalue weighted by atomic mass is 19.4. The normalized spacial score (nSPS) is 25.3. The Balaban J connectivity index is 2.08. The molecule has 84 valence electrons. The van der Waals surface area contributed by atoms with Crippen LogP contribution in [0.1, 0.15) is 12.8 Å². The van der Waals surface area contributed by atoms with Crippen molar-refractivity contribution < 1.29 is 23.0 Å². The van der Waals surface area contributed by atoms with E-state index in [1.807, 2.05) is 0 Å². The van der Waals surface area contributed by atoms with E-state index in [0.717, 1.165) is 12.8 Å². The van der Waals surface area contributed by atoms with Crippen LogP contribution in [0.2, 0.25) is 0 Å². The van der Waals surface area contributed by atoms with Crippen molar-refractivity contribution in [2.45, 2.75) is 31.2 Å². The summed E-state index contributed by atoms with van der Waals surface area (Å²) in [6, 6.07) is 0. The Morgan fingerprint density at radius 1 is 1.50 bits per heavy atom. The summed E-state index contributed by atoms with van der Waals surface area (Å²) in [5.74, 6) is 0. The van der Waals surface area contributed by atoms with Gasteiger partial charge in [0.05, 0.1) is 6.10 Å². The van der Waals surface area contributed by atoms with Crippen molar-refractivity contribution in [3.63, 3.8) is 0 Å². The molecule has 1 rings (SSSR count). The first-order chi connectivity index (χ1) is 6.50. The summed E-state index contributed by atoms with van der Waals surface area (Å²) in [6.45, 7) is 0.574. The lowest BCUT2D eigenvalue weighted by Crippen LogP contribution is -2.40. The zero-order chi connectivity index (χ0) is 10.6. The van der Waals surface area contributed by atoms with E-state index in [1.54, 1.807) is 0 Å². The first kappa shape index (κ1) is 11.7. The molecule has 1 saturated heterocycles. The first-order valence-corrected chi connectivity index (χ1v) is 4.57. The number of aliphatic hydroxyl groups is 1. The molecule has 0 aromatic rings. The van der Waals surface area contributed by atoms with Crippen LogP contribution < -0.4 is 5.32 Å². The molecule has 1 fully saturated rings. The van der Waals surface area contributed by atoms with E-state index < -0.39 is 18.8 Å². The molecule has 0 spiro atoms. The van der Waals surface area contributed by atoms with Crippen molar-refractivity contribution >= 4 is 0 Å². The minimum atomic E-state index is -4.54. The van der Waals surface area contributed by atoms with Crippen molar-refractivity contribution in [3.8, 4) is 0 Å². The highest BCUT2D eigenvalue weighted by molar-refractivity contribution is 4.72. The zero-order valence-electron chi connectivity index (χ0n) is 7.68. The van der Waals surface area contributed by atoms with Crippen molar-refractivity contribution in [1.82, 2.24) is 5.32 Å². The number of halogens is 3. The Hall–Kier alpha value is -0.330. The van der Waals surface area contributed by atoms with Gasteiger partial charge in [-0.15, -0.1) is 0 Å². The smallest absolute Gasteiger partial charge is 0.382 e. The van der Waals surface area contributed by atoms with E-state index in [-0.39, 0.29) is 6.10 Å². The Morgan fingerprint density at radius 2 is 2.21 bits per heavy atom. The first-order valence-electron chi connectivity index (χ1n) is 4.57. The maximum atomic E-state index is 11.8.